The van der Waals surface area contributed by atoms with Gasteiger partial charge in [-0.3, -0.25) is 4.79 Å². The summed E-state index contributed by atoms with van der Waals surface area (Å²) in [7, 11) is 0. The molecule has 1 N–H and O–H groups in total. The number of carbonyl (C=O) groups excluding carboxylic acids is 1. The number of rotatable bonds is 2. The summed E-state index contributed by atoms with van der Waals surface area (Å²) >= 11 is 0. The van der Waals surface area contributed by atoms with Crippen molar-refractivity contribution in [2.24, 2.45) is 4.99 Å². The van der Waals surface area contributed by atoms with Crippen molar-refractivity contribution in [3.05, 3.63) is 47.3 Å². The highest BCUT2D eigenvalue weighted by molar-refractivity contribution is 6.01. The van der Waals surface area contributed by atoms with Crippen molar-refractivity contribution in [2.45, 2.75) is 25.3 Å². The highest BCUT2D eigenvalue weighted by Gasteiger charge is 2.51. The Morgan fingerprint density at radius 2 is 1.89 bits per heavy atom. The highest BCUT2D eigenvalue weighted by Crippen LogP contribution is 2.39. The van der Waals surface area contributed by atoms with Gasteiger partial charge in [0, 0.05) is 25.8 Å². The molecule has 150 valence electrons. The first kappa shape index (κ1) is 18.8. The van der Waals surface area contributed by atoms with Crippen LogP contribution in [0, 0.1) is 6.92 Å². The van der Waals surface area contributed by atoms with Crippen molar-refractivity contribution in [3.8, 4) is 0 Å². The summed E-state index contributed by atoms with van der Waals surface area (Å²) in [6.07, 6.45) is -3.93. The smallest absolute Gasteiger partial charge is 0.387 e. The first-order valence-electron chi connectivity index (χ1n) is 9.16. The second-order valence-electron chi connectivity index (χ2n) is 7.06. The number of ketones is 1. The molecule has 1 aromatic carbocycles. The van der Waals surface area contributed by atoms with Crippen molar-refractivity contribution in [3.63, 3.8) is 0 Å². The van der Waals surface area contributed by atoms with Crippen LogP contribution in [-0.4, -0.2) is 66.5 Å². The van der Waals surface area contributed by atoms with Crippen molar-refractivity contribution in [2.75, 3.05) is 32.8 Å². The maximum Gasteiger partial charge on any atom is 0.452 e. The van der Waals surface area contributed by atoms with Gasteiger partial charge in [0.25, 0.3) is 5.78 Å². The molecule has 1 aromatic rings. The molecule has 2 atom stereocenters. The van der Waals surface area contributed by atoms with Gasteiger partial charge in [0.2, 0.25) is 0 Å². The van der Waals surface area contributed by atoms with E-state index in [1.165, 1.54) is 4.90 Å². The van der Waals surface area contributed by atoms with Crippen LogP contribution in [0.15, 0.2) is 41.2 Å². The maximum absolute atomic E-state index is 13.2. The van der Waals surface area contributed by atoms with Crippen LogP contribution in [0.2, 0.25) is 0 Å². The lowest BCUT2D eigenvalue weighted by atomic mass is 10.0. The second kappa shape index (κ2) is 7.12. The molecule has 1 saturated heterocycles. The average molecular weight is 394 g/mol. The number of Topliss-reactive ketones (excluding diaryl/α,β-unsaturated/α-hetero) is 1. The summed E-state index contributed by atoms with van der Waals surface area (Å²) in [5, 5.41) is 2.85. The zero-order chi connectivity index (χ0) is 19.9. The predicted molar refractivity (Wildman–Crippen MR) is 96.5 cm³/mol. The van der Waals surface area contributed by atoms with Gasteiger partial charge in [-0.15, -0.1) is 0 Å². The van der Waals surface area contributed by atoms with Gasteiger partial charge in [-0.1, -0.05) is 29.8 Å². The van der Waals surface area contributed by atoms with Gasteiger partial charge in [-0.05, 0) is 12.5 Å². The molecule has 0 amide bonds. The van der Waals surface area contributed by atoms with Crippen LogP contribution >= 0.6 is 0 Å². The lowest BCUT2D eigenvalue weighted by Crippen LogP contribution is -2.54. The van der Waals surface area contributed by atoms with E-state index in [0.717, 1.165) is 11.1 Å². The molecule has 4 rings (SSSR count). The SMILES string of the molecule is Cc1ccc(C2N=C(N3CCOCC3)C3=CNCC(C(=O)C(F)(F)F)N32)cc1. The van der Waals surface area contributed by atoms with Crippen LogP contribution in [0.1, 0.15) is 17.3 Å². The fourth-order valence-corrected chi connectivity index (χ4v) is 3.73. The Kier molecular flexibility index (Phi) is 4.78. The molecule has 28 heavy (non-hydrogen) atoms. The second-order valence-corrected chi connectivity index (χ2v) is 7.06. The Morgan fingerprint density at radius 1 is 1.21 bits per heavy atom. The van der Waals surface area contributed by atoms with E-state index in [0.29, 0.717) is 37.8 Å². The fourth-order valence-electron chi connectivity index (χ4n) is 3.73. The van der Waals surface area contributed by atoms with Crippen LogP contribution in [0.25, 0.3) is 0 Å². The monoisotopic (exact) mass is 394 g/mol. The Hall–Kier alpha value is -2.55. The number of nitrogens with one attached hydrogen (secondary N) is 1. The number of aryl methyl sites for hydroxylation is 1. The summed E-state index contributed by atoms with van der Waals surface area (Å²) in [5.74, 6) is -1.16. The number of ether oxygens (including phenoxy) is 1. The summed E-state index contributed by atoms with van der Waals surface area (Å²) in [6.45, 7) is 4.08. The van der Waals surface area contributed by atoms with Gasteiger partial charge in [-0.25, -0.2) is 4.99 Å². The molecule has 0 radical (unpaired) electrons. The number of amidine groups is 1. The van der Waals surface area contributed by atoms with E-state index in [1.54, 1.807) is 6.20 Å². The molecular formula is C19H21F3N4O2. The van der Waals surface area contributed by atoms with Gasteiger partial charge < -0.3 is 19.9 Å². The number of hydrogen-bond acceptors (Lipinski definition) is 6. The third kappa shape index (κ3) is 3.34. The number of fused-ring (bicyclic) bond motifs is 1. The minimum Gasteiger partial charge on any atom is -0.387 e. The van der Waals surface area contributed by atoms with E-state index >= 15 is 0 Å². The van der Waals surface area contributed by atoms with E-state index in [-0.39, 0.29) is 6.54 Å². The highest BCUT2D eigenvalue weighted by atomic mass is 19.4. The maximum atomic E-state index is 13.2. The molecule has 3 aliphatic rings. The van der Waals surface area contributed by atoms with Crippen molar-refractivity contribution in [1.82, 2.24) is 15.1 Å². The first-order chi connectivity index (χ1) is 13.4. The molecule has 6 nitrogen and oxygen atoms in total. The third-order valence-corrected chi connectivity index (χ3v) is 5.17. The topological polar surface area (TPSA) is 57.2 Å². The normalized spacial score (nSPS) is 25.0. The predicted octanol–water partition coefficient (Wildman–Crippen LogP) is 1.98. The molecule has 0 aromatic heterocycles. The minimum atomic E-state index is -4.91. The Bertz CT molecular complexity index is 813. The number of nitrogens with zero attached hydrogens (tertiary/aromatic N) is 3. The van der Waals surface area contributed by atoms with Gasteiger partial charge in [0.1, 0.15) is 12.2 Å². The standard InChI is InChI=1S/C19H21F3N4O2/c1-12-2-4-13(5-3-12)17-24-18(25-6-8-28-9-7-25)15-11-23-10-14(26(15)17)16(27)19(20,21)22/h2-5,11,14,17,23H,6-10H2,1H3. The van der Waals surface area contributed by atoms with Crippen molar-refractivity contribution < 1.29 is 22.7 Å². The number of morpholine rings is 1. The van der Waals surface area contributed by atoms with Crippen LogP contribution in [0.4, 0.5) is 13.2 Å². The molecule has 3 aliphatic heterocycles. The zero-order valence-electron chi connectivity index (χ0n) is 15.4. The van der Waals surface area contributed by atoms with Crippen molar-refractivity contribution in [1.29, 1.82) is 0 Å². The summed E-state index contributed by atoms with van der Waals surface area (Å²) in [6, 6.07) is 6.11. The summed E-state index contributed by atoms with van der Waals surface area (Å²) in [4.78, 5) is 20.4. The van der Waals surface area contributed by atoms with Crippen molar-refractivity contribution >= 4 is 11.6 Å². The average Bonchev–Trinajstić information content (AvgIpc) is 3.08. The van der Waals surface area contributed by atoms with E-state index < -0.39 is 24.2 Å². The molecule has 0 bridgehead atoms. The Morgan fingerprint density at radius 3 is 2.54 bits per heavy atom. The van der Waals surface area contributed by atoms with Crippen LogP contribution in [0.5, 0.6) is 0 Å². The third-order valence-electron chi connectivity index (χ3n) is 5.17. The summed E-state index contributed by atoms with van der Waals surface area (Å²) < 4.78 is 45.1. The van der Waals surface area contributed by atoms with Crippen LogP contribution < -0.4 is 5.32 Å². The van der Waals surface area contributed by atoms with E-state index in [1.807, 2.05) is 36.1 Å². The quantitative estimate of drug-likeness (QED) is 0.832. The molecule has 0 spiro atoms. The first-order valence-corrected chi connectivity index (χ1v) is 9.16. The van der Waals surface area contributed by atoms with E-state index in [9.17, 15) is 18.0 Å². The molecule has 1 fully saturated rings. The number of benzene rings is 1. The van der Waals surface area contributed by atoms with E-state index in [2.05, 4.69) is 5.32 Å². The Labute approximate surface area is 160 Å². The largest absolute Gasteiger partial charge is 0.452 e. The minimum absolute atomic E-state index is 0.115. The van der Waals surface area contributed by atoms with Gasteiger partial charge in [-0.2, -0.15) is 13.2 Å². The number of alkyl halides is 3. The number of carbonyl (C=O) groups is 1. The van der Waals surface area contributed by atoms with Gasteiger partial charge >= 0.3 is 6.18 Å². The van der Waals surface area contributed by atoms with Crippen LogP contribution in [-0.2, 0) is 9.53 Å². The van der Waals surface area contributed by atoms with E-state index in [4.69, 9.17) is 9.73 Å². The molecule has 9 heteroatoms. The van der Waals surface area contributed by atoms with Crippen LogP contribution in [0.3, 0.4) is 0 Å². The Balaban J connectivity index is 1.75. The molecule has 2 unspecified atom stereocenters. The summed E-state index contributed by atoms with van der Waals surface area (Å²) in [5.41, 5.74) is 2.31. The molecule has 0 saturated carbocycles. The number of hydrogen-bond donors (Lipinski definition) is 1. The zero-order valence-corrected chi connectivity index (χ0v) is 15.4. The van der Waals surface area contributed by atoms with Gasteiger partial charge in [0.05, 0.1) is 18.9 Å². The lowest BCUT2D eigenvalue weighted by molar-refractivity contribution is -0.176. The molecule has 0 aliphatic carbocycles. The molecule has 3 heterocycles. The number of aliphatic imine (C=N–C) groups is 1. The molecular weight excluding hydrogens is 373 g/mol. The lowest BCUT2D eigenvalue weighted by Gasteiger charge is -2.38. The van der Waals surface area contributed by atoms with Gasteiger partial charge in [0.15, 0.2) is 5.84 Å². The number of halogens is 3. The fraction of sp³-hybridized carbons (Fsp3) is 0.474.